The number of aromatic nitrogens is 3. The number of amides is 4. The second-order valence-electron chi connectivity index (χ2n) is 14.3. The number of alkyl halides is 8. The van der Waals surface area contributed by atoms with Crippen LogP contribution in [0.15, 0.2) is 48.8 Å². The average Bonchev–Trinajstić information content (AvgIpc) is 3.69. The van der Waals surface area contributed by atoms with Crippen LogP contribution >= 0.6 is 0 Å². The van der Waals surface area contributed by atoms with E-state index >= 15 is 8.78 Å². The van der Waals surface area contributed by atoms with Gasteiger partial charge in [0.05, 0.1) is 43.8 Å². The summed E-state index contributed by atoms with van der Waals surface area (Å²) < 4.78 is 157. The van der Waals surface area contributed by atoms with Crippen LogP contribution in [-0.4, -0.2) is 108 Å². The van der Waals surface area contributed by atoms with Gasteiger partial charge in [0.15, 0.2) is 0 Å². The van der Waals surface area contributed by atoms with Crippen LogP contribution in [0.4, 0.5) is 53.5 Å². The lowest BCUT2D eigenvalue weighted by atomic mass is 9.83. The molecule has 0 aliphatic rings. The summed E-state index contributed by atoms with van der Waals surface area (Å²) in [6, 6.07) is 1.14. The van der Waals surface area contributed by atoms with Gasteiger partial charge in [0, 0.05) is 30.1 Å². The van der Waals surface area contributed by atoms with Gasteiger partial charge in [-0.3, -0.25) is 15.0 Å². The molecule has 0 spiro atoms. The molecule has 62 heavy (non-hydrogen) atoms. The molecule has 0 radical (unpaired) electrons. The van der Waals surface area contributed by atoms with Gasteiger partial charge in [-0.2, -0.15) is 40.2 Å². The minimum atomic E-state index is -5.23. The van der Waals surface area contributed by atoms with Crippen molar-refractivity contribution in [1.29, 1.82) is 0 Å². The van der Waals surface area contributed by atoms with Gasteiger partial charge >= 0.3 is 37.1 Å². The molecule has 0 bridgehead atoms. The highest BCUT2D eigenvalue weighted by Crippen LogP contribution is 2.41. The molecule has 4 amide bonds. The molecule has 0 aliphatic heterocycles. The van der Waals surface area contributed by atoms with Crippen LogP contribution in [0, 0.1) is 22.5 Å². The van der Waals surface area contributed by atoms with E-state index in [1.165, 1.54) is 12.1 Å². The van der Waals surface area contributed by atoms with Gasteiger partial charge in [0.25, 0.3) is 5.91 Å². The van der Waals surface area contributed by atoms with Gasteiger partial charge in [-0.15, -0.1) is 0 Å². The van der Waals surface area contributed by atoms with Crippen molar-refractivity contribution in [2.24, 2.45) is 10.8 Å². The van der Waals surface area contributed by atoms with Crippen LogP contribution in [0.2, 0.25) is 0 Å². The summed E-state index contributed by atoms with van der Waals surface area (Å²) in [6.07, 6.45) is -13.3. The molecule has 0 fully saturated rings. The summed E-state index contributed by atoms with van der Waals surface area (Å²) in [5, 5.41) is 9.54. The zero-order valence-corrected chi connectivity index (χ0v) is 33.4. The van der Waals surface area contributed by atoms with E-state index in [4.69, 9.17) is 4.74 Å². The van der Waals surface area contributed by atoms with Crippen LogP contribution in [0.1, 0.15) is 50.3 Å². The van der Waals surface area contributed by atoms with Gasteiger partial charge < -0.3 is 30.2 Å². The zero-order valence-electron chi connectivity index (χ0n) is 33.4. The number of halogens is 10. The Bertz CT molecular complexity index is 2040. The van der Waals surface area contributed by atoms with Crippen molar-refractivity contribution in [2.45, 2.75) is 71.3 Å². The summed E-state index contributed by atoms with van der Waals surface area (Å²) in [5.41, 5.74) is -6.19. The number of hydrazine groups is 1. The Hall–Kier alpha value is -6.21. The fraction of sp³-hybridized carbons (Fsp3) is 0.472. The van der Waals surface area contributed by atoms with E-state index < -0.39 is 120 Å². The summed E-state index contributed by atoms with van der Waals surface area (Å²) in [6.45, 7) is -4.23. The molecule has 0 aliphatic carbocycles. The standard InChI is InChI=1S/C36H40F10N8O8/c1-33(2,35(41,42)43)25(49-31(58)60-5)27(55)48-15-19(62-29(57)24-9-7-8-11-47-24)16-53(52-28(56)26(50-32(59)61-6)34(3,4)36(44,45)46)17-20-21(37)13-18(14-22(20)38)23-10-12-54(51-23)30(39)40/h7-14,19,25-26,30H,15-17H2,1-6H3,(H,48,55)(H,49,58)(H,50,59)(H,52,56)/t19-,25?,26-/m1/s1. The van der Waals surface area contributed by atoms with Gasteiger partial charge in [-0.25, -0.2) is 37.8 Å². The number of pyridine rings is 1. The molecule has 2 heterocycles. The van der Waals surface area contributed by atoms with Crippen molar-refractivity contribution in [3.8, 4) is 11.3 Å². The molecule has 0 saturated carbocycles. The number of hydrogen-bond donors (Lipinski definition) is 4. The highest BCUT2D eigenvalue weighted by atomic mass is 19.4. The van der Waals surface area contributed by atoms with Crippen LogP contribution < -0.4 is 21.4 Å². The number of alkyl carbamates (subject to hydrolysis) is 2. The van der Waals surface area contributed by atoms with Crippen molar-refractivity contribution in [3.05, 3.63) is 71.7 Å². The van der Waals surface area contributed by atoms with Crippen molar-refractivity contribution in [2.75, 3.05) is 27.3 Å². The van der Waals surface area contributed by atoms with E-state index in [9.17, 15) is 59.1 Å². The third kappa shape index (κ3) is 12.4. The molecule has 3 aromatic rings. The lowest BCUT2D eigenvalue weighted by Gasteiger charge is -2.37. The monoisotopic (exact) mass is 902 g/mol. The maximum Gasteiger partial charge on any atom is 0.407 e. The SMILES string of the molecule is COC(=O)NC(C(=O)NC[C@H](CN(Cc1c(F)cc(-c2ccn(C(F)F)n2)cc1F)NC(=O)[C@@H](NC(=O)OC)C(C)(C)C(F)(F)F)OC(=O)c1ccccn1)C(C)(C)C(F)(F)F. The third-order valence-corrected chi connectivity index (χ3v) is 9.26. The molecule has 26 heteroatoms. The Morgan fingerprint density at radius 2 is 1.34 bits per heavy atom. The quantitative estimate of drug-likeness (QED) is 0.0585. The maximum atomic E-state index is 15.8. The van der Waals surface area contributed by atoms with Gasteiger partial charge in [-0.1, -0.05) is 6.07 Å². The summed E-state index contributed by atoms with van der Waals surface area (Å²) >= 11 is 0. The van der Waals surface area contributed by atoms with Crippen molar-refractivity contribution < 1.29 is 82.1 Å². The molecule has 0 saturated heterocycles. The largest absolute Gasteiger partial charge is 0.454 e. The summed E-state index contributed by atoms with van der Waals surface area (Å²) in [7, 11) is 1.56. The van der Waals surface area contributed by atoms with Gasteiger partial charge in [0.1, 0.15) is 35.5 Å². The molecule has 1 unspecified atom stereocenters. The van der Waals surface area contributed by atoms with E-state index in [0.29, 0.717) is 44.8 Å². The molecule has 16 nitrogen and oxygen atoms in total. The molecule has 3 rings (SSSR count). The van der Waals surface area contributed by atoms with Crippen LogP contribution in [-0.2, 0) is 30.3 Å². The fourth-order valence-electron chi connectivity index (χ4n) is 5.29. The first-order valence-electron chi connectivity index (χ1n) is 17.7. The van der Waals surface area contributed by atoms with E-state index in [0.717, 1.165) is 38.7 Å². The Labute approximate surface area is 345 Å². The molecule has 2 aromatic heterocycles. The normalized spacial score (nSPS) is 13.8. The maximum absolute atomic E-state index is 15.8. The number of benzene rings is 1. The number of nitrogens with one attached hydrogen (secondary N) is 4. The Kier molecular flexibility index (Phi) is 16.3. The molecular weight excluding hydrogens is 862 g/mol. The van der Waals surface area contributed by atoms with Crippen LogP contribution in [0.3, 0.4) is 0 Å². The first-order chi connectivity index (χ1) is 28.6. The predicted molar refractivity (Wildman–Crippen MR) is 192 cm³/mol. The number of methoxy groups -OCH3 is 2. The van der Waals surface area contributed by atoms with Crippen molar-refractivity contribution in [3.63, 3.8) is 0 Å². The smallest absolute Gasteiger partial charge is 0.407 e. The van der Waals surface area contributed by atoms with Crippen molar-refractivity contribution >= 4 is 30.0 Å². The van der Waals surface area contributed by atoms with E-state index in [1.807, 2.05) is 10.7 Å². The highest BCUT2D eigenvalue weighted by molar-refractivity contribution is 5.88. The minimum Gasteiger partial charge on any atom is -0.454 e. The van der Waals surface area contributed by atoms with Crippen LogP contribution in [0.5, 0.6) is 0 Å². The van der Waals surface area contributed by atoms with Crippen molar-refractivity contribution in [1.82, 2.24) is 41.1 Å². The first-order valence-corrected chi connectivity index (χ1v) is 17.7. The average molecular weight is 903 g/mol. The first kappa shape index (κ1) is 50.1. The molecule has 342 valence electrons. The second kappa shape index (κ2) is 20.1. The number of ether oxygens (including phenoxy) is 3. The summed E-state index contributed by atoms with van der Waals surface area (Å²) in [4.78, 5) is 68.3. The minimum absolute atomic E-state index is 0.181. The predicted octanol–water partition coefficient (Wildman–Crippen LogP) is 5.42. The van der Waals surface area contributed by atoms with E-state index in [-0.39, 0.29) is 15.9 Å². The number of rotatable bonds is 17. The lowest BCUT2D eigenvalue weighted by Crippen LogP contribution is -2.62. The topological polar surface area (TPSA) is 195 Å². The molecule has 4 N–H and O–H groups in total. The molecular formula is C36H40F10N8O8. The Balaban J connectivity index is 2.15. The Morgan fingerprint density at radius 3 is 1.79 bits per heavy atom. The highest BCUT2D eigenvalue weighted by Gasteiger charge is 2.57. The third-order valence-electron chi connectivity index (χ3n) is 9.26. The fourth-order valence-corrected chi connectivity index (χ4v) is 5.29. The zero-order chi connectivity index (χ0) is 47.0. The number of hydrogen-bond acceptors (Lipinski definition) is 11. The van der Waals surface area contributed by atoms with E-state index in [1.54, 1.807) is 10.6 Å². The second-order valence-corrected chi connectivity index (χ2v) is 14.3. The van der Waals surface area contributed by atoms with E-state index in [2.05, 4.69) is 19.6 Å². The van der Waals surface area contributed by atoms with Gasteiger partial charge in [0.2, 0.25) is 5.91 Å². The number of nitrogens with zero attached hydrogens (tertiary/aromatic N) is 4. The molecule has 1 aromatic carbocycles. The number of esters is 1. The number of carbonyl (C=O) groups excluding carboxylic acids is 5. The molecule has 3 atom stereocenters. The lowest BCUT2D eigenvalue weighted by molar-refractivity contribution is -0.221. The van der Waals surface area contributed by atoms with Gasteiger partial charge in [-0.05, 0) is 58.0 Å². The van der Waals surface area contributed by atoms with Crippen LogP contribution in [0.25, 0.3) is 11.3 Å². The number of carbonyl (C=O) groups is 5. The Morgan fingerprint density at radius 1 is 0.806 bits per heavy atom. The summed E-state index contributed by atoms with van der Waals surface area (Å²) in [5.74, 6) is -7.42.